The van der Waals surface area contributed by atoms with Crippen molar-refractivity contribution in [3.8, 4) is 11.5 Å². The molecule has 1 fully saturated rings. The van der Waals surface area contributed by atoms with Crippen LogP contribution in [0.1, 0.15) is 68.0 Å². The summed E-state index contributed by atoms with van der Waals surface area (Å²) in [7, 11) is 3.23. The van der Waals surface area contributed by atoms with E-state index in [9.17, 15) is 9.59 Å². The Morgan fingerprint density at radius 2 is 1.69 bits per heavy atom. The minimum atomic E-state index is -1.10. The fourth-order valence-electron chi connectivity index (χ4n) is 5.99. The maximum Gasteiger partial charge on any atom is 0.271 e. The minimum absolute atomic E-state index is 0.111. The molecule has 3 aromatic rings. The van der Waals surface area contributed by atoms with Gasteiger partial charge in [0.15, 0.2) is 0 Å². The zero-order valence-electron chi connectivity index (χ0n) is 21.5. The van der Waals surface area contributed by atoms with Crippen molar-refractivity contribution in [1.82, 2.24) is 14.8 Å². The van der Waals surface area contributed by atoms with Gasteiger partial charge in [-0.25, -0.2) is 0 Å². The normalized spacial score (nSPS) is 21.2. The Kier molecular flexibility index (Phi) is 6.41. The summed E-state index contributed by atoms with van der Waals surface area (Å²) < 4.78 is 13.2. The Hall–Kier alpha value is -3.48. The number of aromatic nitrogens is 1. The van der Waals surface area contributed by atoms with Crippen molar-refractivity contribution in [2.24, 2.45) is 0 Å². The van der Waals surface area contributed by atoms with E-state index in [2.05, 4.69) is 5.32 Å². The zero-order valence-corrected chi connectivity index (χ0v) is 21.5. The van der Waals surface area contributed by atoms with E-state index in [1.54, 1.807) is 19.1 Å². The molecule has 2 heterocycles. The average Bonchev–Trinajstić information content (AvgIpc) is 3.28. The van der Waals surface area contributed by atoms with Crippen LogP contribution in [0.2, 0.25) is 0 Å². The molecule has 2 atom stereocenters. The first-order valence-electron chi connectivity index (χ1n) is 12.8. The highest BCUT2D eigenvalue weighted by molar-refractivity contribution is 6.06. The topological polar surface area (TPSA) is 72.8 Å². The van der Waals surface area contributed by atoms with E-state index in [1.165, 1.54) is 6.42 Å². The Balaban J connectivity index is 1.65. The summed E-state index contributed by atoms with van der Waals surface area (Å²) in [5.41, 5.74) is 1.18. The van der Waals surface area contributed by atoms with Gasteiger partial charge in [-0.2, -0.15) is 0 Å². The number of nitrogens with zero attached hydrogens (tertiary/aromatic N) is 2. The number of amides is 2. The monoisotopic (exact) mass is 489 g/mol. The summed E-state index contributed by atoms with van der Waals surface area (Å²) in [5.74, 6) is 1.01. The fraction of sp³-hybridized carbons (Fsp3) is 0.448. The number of rotatable bonds is 6. The molecule has 1 aliphatic carbocycles. The Morgan fingerprint density at radius 3 is 2.36 bits per heavy atom. The molecule has 0 saturated heterocycles. The number of fused-ring (bicyclic) bond motifs is 3. The maximum absolute atomic E-state index is 14.3. The van der Waals surface area contributed by atoms with Crippen LogP contribution in [-0.4, -0.2) is 47.1 Å². The molecule has 1 aliphatic heterocycles. The largest absolute Gasteiger partial charge is 0.496 e. The predicted molar refractivity (Wildman–Crippen MR) is 139 cm³/mol. The van der Waals surface area contributed by atoms with E-state index in [0.29, 0.717) is 23.7 Å². The molecule has 0 bridgehead atoms. The van der Waals surface area contributed by atoms with Crippen LogP contribution >= 0.6 is 0 Å². The molecule has 1 saturated carbocycles. The summed E-state index contributed by atoms with van der Waals surface area (Å²) >= 11 is 0. The lowest BCUT2D eigenvalue weighted by Gasteiger charge is -2.47. The van der Waals surface area contributed by atoms with Crippen molar-refractivity contribution < 1.29 is 19.1 Å². The number of hydrogen-bond donors (Lipinski definition) is 1. The van der Waals surface area contributed by atoms with E-state index in [0.717, 1.165) is 42.1 Å². The van der Waals surface area contributed by atoms with Crippen LogP contribution in [0.15, 0.2) is 48.5 Å². The van der Waals surface area contributed by atoms with Crippen LogP contribution in [0, 0.1) is 0 Å². The number of carbonyl (C=O) groups excluding carboxylic acids is 2. The summed E-state index contributed by atoms with van der Waals surface area (Å²) in [6.45, 7) is 4.21. The van der Waals surface area contributed by atoms with Crippen LogP contribution < -0.4 is 14.8 Å². The quantitative estimate of drug-likeness (QED) is 0.524. The van der Waals surface area contributed by atoms with Crippen molar-refractivity contribution in [2.75, 3.05) is 14.2 Å². The number of methoxy groups -OCH3 is 2. The number of nitrogens with one attached hydrogen (secondary N) is 1. The Labute approximate surface area is 212 Å². The van der Waals surface area contributed by atoms with E-state index >= 15 is 0 Å². The van der Waals surface area contributed by atoms with Gasteiger partial charge in [0, 0.05) is 11.4 Å². The molecule has 2 aliphatic rings. The van der Waals surface area contributed by atoms with Gasteiger partial charge in [0.25, 0.3) is 5.91 Å². The van der Waals surface area contributed by atoms with Crippen LogP contribution in [0.4, 0.5) is 0 Å². The van der Waals surface area contributed by atoms with Crippen LogP contribution in [0.5, 0.6) is 11.5 Å². The molecule has 7 heteroatoms. The third-order valence-corrected chi connectivity index (χ3v) is 7.96. The lowest BCUT2D eigenvalue weighted by Crippen LogP contribution is -2.65. The second-order valence-corrected chi connectivity index (χ2v) is 10.2. The number of hydrogen-bond acceptors (Lipinski definition) is 4. The highest BCUT2D eigenvalue weighted by atomic mass is 16.5. The molecular weight excluding hydrogens is 454 g/mol. The van der Waals surface area contributed by atoms with Crippen molar-refractivity contribution in [3.63, 3.8) is 0 Å². The van der Waals surface area contributed by atoms with Gasteiger partial charge in [-0.05, 0) is 50.5 Å². The highest BCUT2D eigenvalue weighted by Gasteiger charge is 2.50. The number of carbonyl (C=O) groups is 2. The molecule has 1 N–H and O–H groups in total. The van der Waals surface area contributed by atoms with E-state index < -0.39 is 5.54 Å². The summed E-state index contributed by atoms with van der Waals surface area (Å²) in [6.07, 6.45) is 5.40. The highest BCUT2D eigenvalue weighted by Crippen LogP contribution is 2.42. The van der Waals surface area contributed by atoms with Crippen molar-refractivity contribution in [3.05, 3.63) is 59.8 Å². The number of benzene rings is 2. The molecule has 2 aromatic carbocycles. The van der Waals surface area contributed by atoms with Crippen molar-refractivity contribution >= 4 is 22.7 Å². The molecule has 190 valence electrons. The Morgan fingerprint density at radius 1 is 1.03 bits per heavy atom. The van der Waals surface area contributed by atoms with Gasteiger partial charge in [0.1, 0.15) is 22.7 Å². The lowest BCUT2D eigenvalue weighted by molar-refractivity contribution is -0.135. The van der Waals surface area contributed by atoms with Gasteiger partial charge in [-0.3, -0.25) is 9.59 Å². The molecule has 0 unspecified atom stereocenters. The zero-order chi connectivity index (χ0) is 25.4. The van der Waals surface area contributed by atoms with Crippen LogP contribution in [-0.2, 0) is 11.3 Å². The van der Waals surface area contributed by atoms with E-state index in [1.807, 2.05) is 66.9 Å². The van der Waals surface area contributed by atoms with Crippen LogP contribution in [0.25, 0.3) is 10.9 Å². The molecule has 2 amide bonds. The molecule has 0 spiro atoms. The van der Waals surface area contributed by atoms with E-state index in [-0.39, 0.29) is 23.9 Å². The molecule has 1 aromatic heterocycles. The van der Waals surface area contributed by atoms with Gasteiger partial charge in [-0.15, -0.1) is 0 Å². The van der Waals surface area contributed by atoms with Crippen LogP contribution in [0.3, 0.4) is 0 Å². The smallest absolute Gasteiger partial charge is 0.271 e. The van der Waals surface area contributed by atoms with Crippen molar-refractivity contribution in [2.45, 2.75) is 70.1 Å². The standard InChI is InChI=1S/C29H35N3O4/c1-19(20-11-7-5-8-12-20)32-27(33)23-17-22-24(35-3)15-16-25(36-4)26(22)31(23)18-29(32,2)28(34)30-21-13-9-6-10-14-21/h5,7-8,11-12,15-17,19,21H,6,9-10,13-14,18H2,1-4H3,(H,30,34)/t19-,29-/m0/s1. The average molecular weight is 490 g/mol. The SMILES string of the molecule is COc1ccc(OC)c2c1cc1n2C[C@@](C)(C(=O)NC2CCCCC2)N([C@@H](C)c2ccccc2)C1=O. The first-order valence-corrected chi connectivity index (χ1v) is 12.8. The van der Waals surface area contributed by atoms with Gasteiger partial charge >= 0.3 is 0 Å². The third kappa shape index (κ3) is 3.91. The molecule has 5 rings (SSSR count). The first kappa shape index (κ1) is 24.2. The van der Waals surface area contributed by atoms with E-state index in [4.69, 9.17) is 9.47 Å². The molecule has 0 radical (unpaired) electrons. The van der Waals surface area contributed by atoms with Gasteiger partial charge in [0.05, 0.1) is 32.3 Å². The van der Waals surface area contributed by atoms with Gasteiger partial charge in [0.2, 0.25) is 5.91 Å². The predicted octanol–water partition coefficient (Wildman–Crippen LogP) is 5.08. The second kappa shape index (κ2) is 9.52. The number of ether oxygens (including phenoxy) is 2. The van der Waals surface area contributed by atoms with Crippen molar-refractivity contribution in [1.29, 1.82) is 0 Å². The first-order chi connectivity index (χ1) is 17.4. The minimum Gasteiger partial charge on any atom is -0.496 e. The summed E-state index contributed by atoms with van der Waals surface area (Å²) in [4.78, 5) is 30.1. The molecule has 7 nitrogen and oxygen atoms in total. The fourth-order valence-corrected chi connectivity index (χ4v) is 5.99. The molecular formula is C29H35N3O4. The van der Waals surface area contributed by atoms with Gasteiger partial charge in [-0.1, -0.05) is 49.6 Å². The molecule has 36 heavy (non-hydrogen) atoms. The maximum atomic E-state index is 14.3. The summed E-state index contributed by atoms with van der Waals surface area (Å²) in [6, 6.07) is 15.3. The summed E-state index contributed by atoms with van der Waals surface area (Å²) in [5, 5.41) is 4.10. The van der Waals surface area contributed by atoms with Gasteiger partial charge < -0.3 is 24.3 Å². The second-order valence-electron chi connectivity index (χ2n) is 10.2. The third-order valence-electron chi connectivity index (χ3n) is 7.96. The lowest BCUT2D eigenvalue weighted by atomic mass is 9.89. The Bertz CT molecular complexity index is 1280.